The van der Waals surface area contributed by atoms with E-state index >= 15 is 0 Å². The highest BCUT2D eigenvalue weighted by atomic mass is 31.2. The number of phosphoric ester groups is 1. The van der Waals surface area contributed by atoms with Crippen molar-refractivity contribution < 1.29 is 73.6 Å². The van der Waals surface area contributed by atoms with Gasteiger partial charge in [-0.2, -0.15) is 0 Å². The second kappa shape index (κ2) is 19.0. The predicted octanol–water partition coefficient (Wildman–Crippen LogP) is -1.48. The van der Waals surface area contributed by atoms with Crippen molar-refractivity contribution >= 4 is 13.7 Å². The van der Waals surface area contributed by atoms with E-state index in [1.54, 1.807) is 0 Å². The number of ether oxygens (including phenoxy) is 3. The first kappa shape index (κ1) is 38.4. The normalized spacial score (nSPS) is 34.2. The van der Waals surface area contributed by atoms with Crippen LogP contribution in [-0.2, 0) is 28.1 Å². The molecule has 0 aromatic heterocycles. The van der Waals surface area contributed by atoms with E-state index in [9.17, 15) is 45.1 Å². The number of unbranched alkanes of at least 4 members (excludes halogenated alkanes) is 8. The summed E-state index contributed by atoms with van der Waals surface area (Å²) in [5, 5.41) is 73.7. The van der Waals surface area contributed by atoms with Gasteiger partial charge in [-0.15, -0.1) is 0 Å². The zero-order chi connectivity index (χ0) is 32.2. The fraction of sp³-hybridized carbons (Fsp3) is 0.962. The summed E-state index contributed by atoms with van der Waals surface area (Å²) in [6.45, 7) is 0.762. The first-order chi connectivity index (χ1) is 20.3. The number of amides is 1. The Morgan fingerprint density at radius 2 is 1.37 bits per heavy atom. The third-order valence-corrected chi connectivity index (χ3v) is 8.09. The van der Waals surface area contributed by atoms with Crippen LogP contribution >= 0.6 is 7.82 Å². The zero-order valence-corrected chi connectivity index (χ0v) is 25.4. The van der Waals surface area contributed by atoms with Crippen LogP contribution < -0.4 is 5.32 Å². The van der Waals surface area contributed by atoms with Crippen molar-refractivity contribution in [2.45, 2.75) is 145 Å². The van der Waals surface area contributed by atoms with Gasteiger partial charge in [0.05, 0.1) is 25.7 Å². The minimum atomic E-state index is -5.17. The number of aliphatic hydroxyl groups excluding tert-OH is 7. The van der Waals surface area contributed by atoms with Crippen molar-refractivity contribution in [1.82, 2.24) is 5.32 Å². The molecular formula is C26H50NO15P. The molecule has 0 aromatic carbocycles. The molecule has 0 radical (unpaired) electrons. The van der Waals surface area contributed by atoms with E-state index in [0.717, 1.165) is 25.7 Å². The average molecular weight is 648 g/mol. The molecule has 2 saturated heterocycles. The number of nitrogens with one attached hydrogen (secondary N) is 1. The monoisotopic (exact) mass is 647 g/mol. The summed E-state index contributed by atoms with van der Waals surface area (Å²) >= 11 is 0. The Morgan fingerprint density at radius 1 is 0.814 bits per heavy atom. The van der Waals surface area contributed by atoms with Gasteiger partial charge in [-0.3, -0.25) is 9.32 Å². The van der Waals surface area contributed by atoms with Gasteiger partial charge in [0.1, 0.15) is 48.8 Å². The van der Waals surface area contributed by atoms with Crippen molar-refractivity contribution in [3.05, 3.63) is 0 Å². The molecule has 2 rings (SSSR count). The lowest BCUT2D eigenvalue weighted by molar-refractivity contribution is -0.308. The van der Waals surface area contributed by atoms with Gasteiger partial charge in [0, 0.05) is 0 Å². The largest absolute Gasteiger partial charge is 0.472 e. The molecule has 43 heavy (non-hydrogen) atoms. The van der Waals surface area contributed by atoms with E-state index in [1.165, 1.54) is 32.1 Å². The SMILES string of the molecule is CCCCCCCCCCC[C@@H](O)CC(=O)N[C@H]1[C@H](OC[C@H]2O[C@H](OP(=O)(O)O)[C@H](O)[C@@H](O)[C@@H]2O)O[C@H](CO)[C@@H](O)[C@@H]1O. The second-order valence-electron chi connectivity index (χ2n) is 11.2. The van der Waals surface area contributed by atoms with Gasteiger partial charge >= 0.3 is 7.82 Å². The van der Waals surface area contributed by atoms with E-state index < -0.39 is 94.4 Å². The molecule has 2 heterocycles. The van der Waals surface area contributed by atoms with Gasteiger partial charge < -0.3 is 65.1 Å². The summed E-state index contributed by atoms with van der Waals surface area (Å²) in [7, 11) is -5.17. The third kappa shape index (κ3) is 12.8. The number of hydrogen-bond donors (Lipinski definition) is 10. The highest BCUT2D eigenvalue weighted by molar-refractivity contribution is 7.46. The maximum atomic E-state index is 12.7. The van der Waals surface area contributed by atoms with Crippen LogP contribution in [0.15, 0.2) is 0 Å². The first-order valence-electron chi connectivity index (χ1n) is 14.9. The molecular weight excluding hydrogens is 597 g/mol. The Labute approximate surface area is 251 Å². The molecule has 0 aromatic rings. The maximum Gasteiger partial charge on any atom is 0.472 e. The van der Waals surface area contributed by atoms with Crippen LogP contribution in [-0.4, -0.2) is 132 Å². The topological polar surface area (TPSA) is 265 Å². The van der Waals surface area contributed by atoms with Crippen molar-refractivity contribution in [3.8, 4) is 0 Å². The lowest BCUT2D eigenvalue weighted by Crippen LogP contribution is -2.65. The van der Waals surface area contributed by atoms with Gasteiger partial charge in [0.15, 0.2) is 12.6 Å². The number of rotatable bonds is 19. The predicted molar refractivity (Wildman–Crippen MR) is 148 cm³/mol. The van der Waals surface area contributed by atoms with Gasteiger partial charge in [-0.1, -0.05) is 64.7 Å². The van der Waals surface area contributed by atoms with Crippen LogP contribution in [0.4, 0.5) is 0 Å². The van der Waals surface area contributed by atoms with Crippen LogP contribution in [0.1, 0.15) is 77.6 Å². The molecule has 2 aliphatic heterocycles. The van der Waals surface area contributed by atoms with Gasteiger partial charge in [0.25, 0.3) is 0 Å². The molecule has 0 spiro atoms. The molecule has 0 bridgehead atoms. The maximum absolute atomic E-state index is 12.7. The molecule has 0 saturated carbocycles. The number of phosphoric acid groups is 1. The Bertz CT molecular complexity index is 849. The molecule has 2 aliphatic rings. The minimum absolute atomic E-state index is 0.303. The molecule has 1 amide bonds. The lowest BCUT2D eigenvalue weighted by atomic mass is 9.96. The Morgan fingerprint density at radius 3 is 1.95 bits per heavy atom. The van der Waals surface area contributed by atoms with Gasteiger partial charge in [-0.25, -0.2) is 4.57 Å². The molecule has 17 heteroatoms. The summed E-state index contributed by atoms with van der Waals surface area (Å²) in [6.07, 6.45) is -6.51. The van der Waals surface area contributed by atoms with Crippen LogP contribution in [0.25, 0.3) is 0 Å². The van der Waals surface area contributed by atoms with Crippen LogP contribution in [0.3, 0.4) is 0 Å². The smallest absolute Gasteiger partial charge is 0.394 e. The standard InChI is InChI=1S/C26H50NO15P/c1-2-3-4-5-6-7-8-9-10-11-15(29)12-18(30)27-19-22(33)20(31)16(13-28)40-25(19)39-14-17-21(32)23(34)24(35)26(41-17)42-43(36,37)38/h15-17,19-26,28-29,31-35H,2-14H2,1H3,(H,27,30)(H2,36,37,38)/t15-,16-,17-,19-,20-,21-,22-,23+,24-,25-,26-/m1/s1. The molecule has 0 unspecified atom stereocenters. The summed E-state index contributed by atoms with van der Waals surface area (Å²) in [4.78, 5) is 30.8. The number of hydrogen-bond acceptors (Lipinski definition) is 13. The Balaban J connectivity index is 1.91. The quantitative estimate of drug-likeness (QED) is 0.0566. The van der Waals surface area contributed by atoms with E-state index in [1.807, 2.05) is 0 Å². The fourth-order valence-electron chi connectivity index (χ4n) is 5.10. The molecule has 2 fully saturated rings. The zero-order valence-electron chi connectivity index (χ0n) is 24.5. The van der Waals surface area contributed by atoms with Crippen molar-refractivity contribution in [2.75, 3.05) is 13.2 Å². The highest BCUT2D eigenvalue weighted by Gasteiger charge is 2.49. The number of aliphatic hydroxyl groups is 7. The summed E-state index contributed by atoms with van der Waals surface area (Å²) in [5.41, 5.74) is 0. The second-order valence-corrected chi connectivity index (χ2v) is 12.4. The van der Waals surface area contributed by atoms with Gasteiger partial charge in [0.2, 0.25) is 5.91 Å². The van der Waals surface area contributed by atoms with E-state index in [2.05, 4.69) is 16.8 Å². The average Bonchev–Trinajstić information content (AvgIpc) is 2.94. The molecule has 11 atom stereocenters. The number of carbonyl (C=O) groups is 1. The van der Waals surface area contributed by atoms with E-state index in [4.69, 9.17) is 24.0 Å². The van der Waals surface area contributed by atoms with E-state index in [-0.39, 0.29) is 6.42 Å². The summed E-state index contributed by atoms with van der Waals surface area (Å²) in [6, 6.07) is -1.41. The third-order valence-electron chi connectivity index (χ3n) is 7.60. The molecule has 254 valence electrons. The fourth-order valence-corrected chi connectivity index (χ4v) is 5.54. The Hall–Kier alpha value is -0.820. The molecule has 0 aliphatic carbocycles. The minimum Gasteiger partial charge on any atom is -0.394 e. The molecule has 16 nitrogen and oxygen atoms in total. The van der Waals surface area contributed by atoms with Crippen molar-refractivity contribution in [2.24, 2.45) is 0 Å². The summed E-state index contributed by atoms with van der Waals surface area (Å²) in [5.74, 6) is -0.679. The van der Waals surface area contributed by atoms with Crippen molar-refractivity contribution in [1.29, 1.82) is 0 Å². The van der Waals surface area contributed by atoms with Crippen LogP contribution in [0, 0.1) is 0 Å². The van der Waals surface area contributed by atoms with Crippen LogP contribution in [0.5, 0.6) is 0 Å². The van der Waals surface area contributed by atoms with E-state index in [0.29, 0.717) is 6.42 Å². The molecule has 10 N–H and O–H groups in total. The van der Waals surface area contributed by atoms with Crippen LogP contribution in [0.2, 0.25) is 0 Å². The van der Waals surface area contributed by atoms with Crippen molar-refractivity contribution in [3.63, 3.8) is 0 Å². The summed E-state index contributed by atoms with van der Waals surface area (Å²) < 4.78 is 31.7. The number of carbonyl (C=O) groups excluding carboxylic acids is 1. The highest BCUT2D eigenvalue weighted by Crippen LogP contribution is 2.40. The van der Waals surface area contributed by atoms with Gasteiger partial charge in [-0.05, 0) is 6.42 Å². The Kier molecular flexibility index (Phi) is 16.9. The lowest BCUT2D eigenvalue weighted by Gasteiger charge is -2.44. The first-order valence-corrected chi connectivity index (χ1v) is 16.5.